The molecule has 0 radical (unpaired) electrons. The Morgan fingerprint density at radius 2 is 2.00 bits per heavy atom. The Kier molecular flexibility index (Phi) is 3.62. The smallest absolute Gasteiger partial charge is 0.211 e. The molecular weight excluding hydrogens is 322 g/mol. The van der Waals surface area contributed by atoms with Crippen LogP contribution in [0.5, 0.6) is 0 Å². The summed E-state index contributed by atoms with van der Waals surface area (Å²) in [6.45, 7) is 0. The molecule has 0 unspecified atom stereocenters. The molecule has 0 spiro atoms. The summed E-state index contributed by atoms with van der Waals surface area (Å²) in [6.07, 6.45) is -3.16. The molecule has 0 fully saturated rings. The monoisotopic (exact) mass is 323 g/mol. The van der Waals surface area contributed by atoms with Crippen LogP contribution >= 0.6 is 26.6 Å². The summed E-state index contributed by atoms with van der Waals surface area (Å²) in [5.41, 5.74) is -1.11. The van der Waals surface area contributed by atoms with E-state index in [0.29, 0.717) is 6.07 Å². The van der Waals surface area contributed by atoms with Gasteiger partial charge in [-0.3, -0.25) is 0 Å². The van der Waals surface area contributed by atoms with Crippen LogP contribution in [0.4, 0.5) is 13.2 Å². The third kappa shape index (κ3) is 2.82. The first-order chi connectivity index (χ1) is 6.73. The molecule has 9 heteroatoms. The van der Waals surface area contributed by atoms with Crippen molar-refractivity contribution in [3.63, 3.8) is 0 Å². The summed E-state index contributed by atoms with van der Waals surface area (Å²) in [4.78, 5) is 2.27. The number of rotatable bonds is 2. The van der Waals surface area contributed by atoms with Crippen molar-refractivity contribution < 1.29 is 21.6 Å². The number of hydrogen-bond acceptors (Lipinski definition) is 3. The molecular formula is C6H2BrClF3NO2S. The highest BCUT2D eigenvalue weighted by atomic mass is 79.9. The number of halogens is 5. The Morgan fingerprint density at radius 1 is 1.47 bits per heavy atom. The molecule has 0 aromatic carbocycles. The number of pyridine rings is 1. The van der Waals surface area contributed by atoms with Gasteiger partial charge in [0, 0.05) is 10.7 Å². The van der Waals surface area contributed by atoms with Gasteiger partial charge in [0.1, 0.15) is 9.50 Å². The van der Waals surface area contributed by atoms with Gasteiger partial charge < -0.3 is 0 Å². The second kappa shape index (κ2) is 4.26. The van der Waals surface area contributed by atoms with Crippen molar-refractivity contribution in [2.45, 2.75) is 11.3 Å². The predicted molar refractivity (Wildman–Crippen MR) is 49.9 cm³/mol. The first kappa shape index (κ1) is 12.7. The summed E-state index contributed by atoms with van der Waals surface area (Å²) >= 11 is 2.61. The van der Waals surface area contributed by atoms with Gasteiger partial charge in [-0.25, -0.2) is 22.2 Å². The zero-order valence-corrected chi connectivity index (χ0v) is 9.87. The maximum Gasteiger partial charge on any atom is 0.268 e. The van der Waals surface area contributed by atoms with E-state index in [0.717, 1.165) is 0 Å². The molecule has 0 saturated heterocycles. The molecule has 0 saturated carbocycles. The Bertz CT molecular complexity index is 493. The Morgan fingerprint density at radius 3 is 2.40 bits per heavy atom. The van der Waals surface area contributed by atoms with Gasteiger partial charge in [0.15, 0.2) is 0 Å². The van der Waals surface area contributed by atoms with Crippen LogP contribution in [-0.4, -0.2) is 13.4 Å². The summed E-state index contributed by atoms with van der Waals surface area (Å²) in [7, 11) is 0.684. The molecule has 0 aliphatic rings. The summed E-state index contributed by atoms with van der Waals surface area (Å²) in [6, 6.07) is 0.444. The van der Waals surface area contributed by atoms with Crippen molar-refractivity contribution in [3.8, 4) is 0 Å². The van der Waals surface area contributed by atoms with Crippen LogP contribution in [0, 0.1) is 5.95 Å². The van der Waals surface area contributed by atoms with Crippen molar-refractivity contribution in [3.05, 3.63) is 22.2 Å². The summed E-state index contributed by atoms with van der Waals surface area (Å²) < 4.78 is 58.5. The normalized spacial score (nSPS) is 12.1. The molecule has 3 nitrogen and oxygen atoms in total. The number of alkyl halides is 2. The maximum absolute atomic E-state index is 12.8. The van der Waals surface area contributed by atoms with E-state index in [9.17, 15) is 21.6 Å². The van der Waals surface area contributed by atoms with Crippen molar-refractivity contribution in [1.82, 2.24) is 4.98 Å². The molecule has 0 amide bonds. The number of aromatic nitrogens is 1. The zero-order chi connectivity index (χ0) is 11.8. The van der Waals surface area contributed by atoms with Gasteiger partial charge in [0.2, 0.25) is 5.95 Å². The first-order valence-corrected chi connectivity index (χ1v) is 6.42. The van der Waals surface area contributed by atoms with E-state index in [-0.39, 0.29) is 0 Å². The number of nitrogens with zero attached hydrogens (tertiary/aromatic N) is 1. The number of hydrogen-bond donors (Lipinski definition) is 0. The van der Waals surface area contributed by atoms with E-state index in [1.54, 1.807) is 0 Å². The van der Waals surface area contributed by atoms with Crippen LogP contribution in [0.25, 0.3) is 0 Å². The lowest BCUT2D eigenvalue weighted by atomic mass is 10.3. The SMILES string of the molecule is O=S(=O)(Cl)c1cc(C(F)F)c(F)nc1Br. The minimum Gasteiger partial charge on any atom is -0.211 e. The molecule has 84 valence electrons. The van der Waals surface area contributed by atoms with Crippen LogP contribution in [0.2, 0.25) is 0 Å². The van der Waals surface area contributed by atoms with Crippen LogP contribution < -0.4 is 0 Å². The van der Waals surface area contributed by atoms with E-state index >= 15 is 0 Å². The van der Waals surface area contributed by atoms with E-state index in [1.165, 1.54) is 0 Å². The largest absolute Gasteiger partial charge is 0.268 e. The lowest BCUT2D eigenvalue weighted by Gasteiger charge is -2.04. The lowest BCUT2D eigenvalue weighted by molar-refractivity contribution is 0.144. The van der Waals surface area contributed by atoms with Gasteiger partial charge >= 0.3 is 0 Å². The molecule has 0 bridgehead atoms. The van der Waals surface area contributed by atoms with E-state index < -0.39 is 36.5 Å². The minimum atomic E-state index is -4.24. The van der Waals surface area contributed by atoms with Gasteiger partial charge in [0.25, 0.3) is 15.5 Å². The van der Waals surface area contributed by atoms with Crippen molar-refractivity contribution in [2.24, 2.45) is 0 Å². The highest BCUT2D eigenvalue weighted by Gasteiger charge is 2.23. The van der Waals surface area contributed by atoms with Crippen molar-refractivity contribution >= 4 is 35.7 Å². The molecule has 1 aromatic heterocycles. The first-order valence-electron chi connectivity index (χ1n) is 3.32. The minimum absolute atomic E-state index is 0.444. The molecule has 1 rings (SSSR count). The summed E-state index contributed by atoms with van der Waals surface area (Å²) in [5.74, 6) is -1.44. The van der Waals surface area contributed by atoms with E-state index in [2.05, 4.69) is 20.9 Å². The molecule has 1 aromatic rings. The topological polar surface area (TPSA) is 47.0 Å². The fourth-order valence-corrected chi connectivity index (χ4v) is 2.85. The maximum atomic E-state index is 12.8. The molecule has 0 aliphatic carbocycles. The average Bonchev–Trinajstić information content (AvgIpc) is 2.00. The van der Waals surface area contributed by atoms with Crippen LogP contribution in [-0.2, 0) is 9.05 Å². The Labute approximate surface area is 95.8 Å². The summed E-state index contributed by atoms with van der Waals surface area (Å²) in [5, 5.41) is 0. The standard InChI is InChI=1S/C6H2BrClF3NO2S/c7-4-3(15(8,13)14)1-2(5(9)10)6(11)12-4/h1,5H. The van der Waals surface area contributed by atoms with Gasteiger partial charge in [-0.2, -0.15) is 4.39 Å². The van der Waals surface area contributed by atoms with Gasteiger partial charge in [-0.1, -0.05) is 0 Å². The average molecular weight is 325 g/mol. The van der Waals surface area contributed by atoms with Crippen molar-refractivity contribution in [1.29, 1.82) is 0 Å². The molecule has 1 heterocycles. The third-order valence-electron chi connectivity index (χ3n) is 1.42. The molecule has 0 N–H and O–H groups in total. The van der Waals surface area contributed by atoms with E-state index in [1.807, 2.05) is 0 Å². The third-order valence-corrected chi connectivity index (χ3v) is 3.62. The fourth-order valence-electron chi connectivity index (χ4n) is 0.790. The van der Waals surface area contributed by atoms with Crippen LogP contribution in [0.15, 0.2) is 15.6 Å². The molecule has 0 atom stereocenters. The lowest BCUT2D eigenvalue weighted by Crippen LogP contribution is -2.02. The predicted octanol–water partition coefficient (Wildman–Crippen LogP) is 2.85. The van der Waals surface area contributed by atoms with Gasteiger partial charge in [-0.05, 0) is 22.0 Å². The zero-order valence-electron chi connectivity index (χ0n) is 6.72. The van der Waals surface area contributed by atoms with Gasteiger partial charge in [0.05, 0.1) is 5.56 Å². The second-order valence-corrected chi connectivity index (χ2v) is 5.68. The molecule has 0 aliphatic heterocycles. The second-order valence-electron chi connectivity index (χ2n) is 2.40. The Hall–Kier alpha value is -0.340. The molecule has 15 heavy (non-hydrogen) atoms. The highest BCUT2D eigenvalue weighted by molar-refractivity contribution is 9.10. The quantitative estimate of drug-likeness (QED) is 0.621. The van der Waals surface area contributed by atoms with Crippen molar-refractivity contribution in [2.75, 3.05) is 0 Å². The van der Waals surface area contributed by atoms with Crippen LogP contribution in [0.1, 0.15) is 12.0 Å². The van der Waals surface area contributed by atoms with Crippen LogP contribution in [0.3, 0.4) is 0 Å². The fraction of sp³-hybridized carbons (Fsp3) is 0.167. The van der Waals surface area contributed by atoms with E-state index in [4.69, 9.17) is 10.7 Å². The Balaban J connectivity index is 3.50. The van der Waals surface area contributed by atoms with Gasteiger partial charge in [-0.15, -0.1) is 0 Å². The highest BCUT2D eigenvalue weighted by Crippen LogP contribution is 2.29.